The summed E-state index contributed by atoms with van der Waals surface area (Å²) in [6, 6.07) is 0. The number of hydrogen-bond donors (Lipinski definition) is 0. The monoisotopic (exact) mass is 694 g/mol. The van der Waals surface area contributed by atoms with Crippen LogP contribution in [0.5, 0.6) is 0 Å². The Morgan fingerprint density at radius 2 is 0.660 bits per heavy atom. The van der Waals surface area contributed by atoms with Crippen LogP contribution in [0.3, 0.4) is 0 Å². The summed E-state index contributed by atoms with van der Waals surface area (Å²) in [6.07, 6.45) is -11.7. The first-order valence-corrected chi connectivity index (χ1v) is 15.1. The molecule has 2 fully saturated rings. The van der Waals surface area contributed by atoms with Crippen molar-refractivity contribution in [3.05, 3.63) is 0 Å². The second-order valence-corrected chi connectivity index (χ2v) is 11.5. The molecule has 0 bridgehead atoms. The van der Waals surface area contributed by atoms with Crippen molar-refractivity contribution < 1.29 is 85.7 Å². The minimum Gasteiger partial charge on any atom is -0.463 e. The van der Waals surface area contributed by atoms with Gasteiger partial charge in [0.1, 0.15) is 36.3 Å². The molecule has 0 unspecified atom stereocenters. The SMILES string of the molecule is CC(=O)OC[C@H]1O[C@H](S[C@H]2O[C@H](COC(C)=O)[C@@H](OC(C)=O)[C@H](OC(C)=O)[C@H]2OC(C)=O)[C@H](OC(C)=O)[C@@H](OC(C)=O)[C@@H]1OC(C)=O. The highest BCUT2D eigenvalue weighted by molar-refractivity contribution is 8.00. The third-order valence-electron chi connectivity index (χ3n) is 6.16. The number of carbonyl (C=O) groups is 8. The molecular weight excluding hydrogens is 656 g/mol. The largest absolute Gasteiger partial charge is 0.463 e. The molecule has 0 saturated carbocycles. The van der Waals surface area contributed by atoms with Crippen molar-refractivity contribution in [2.24, 2.45) is 0 Å². The van der Waals surface area contributed by atoms with E-state index in [-0.39, 0.29) is 0 Å². The summed E-state index contributed by atoms with van der Waals surface area (Å²) in [6.45, 7) is 7.50. The van der Waals surface area contributed by atoms with E-state index in [9.17, 15) is 38.4 Å². The molecule has 264 valence electrons. The van der Waals surface area contributed by atoms with Gasteiger partial charge in [-0.05, 0) is 0 Å². The van der Waals surface area contributed by atoms with E-state index in [0.29, 0.717) is 11.8 Å². The van der Waals surface area contributed by atoms with E-state index in [1.54, 1.807) is 0 Å². The van der Waals surface area contributed by atoms with Gasteiger partial charge in [-0.1, -0.05) is 11.8 Å². The van der Waals surface area contributed by atoms with E-state index in [4.69, 9.17) is 47.4 Å². The zero-order valence-corrected chi connectivity index (χ0v) is 27.8. The molecule has 0 aromatic heterocycles. The van der Waals surface area contributed by atoms with Gasteiger partial charge in [-0.15, -0.1) is 0 Å². The third kappa shape index (κ3) is 12.3. The van der Waals surface area contributed by atoms with Crippen molar-refractivity contribution in [2.75, 3.05) is 13.2 Å². The number of ether oxygens (including phenoxy) is 10. The van der Waals surface area contributed by atoms with Crippen LogP contribution < -0.4 is 0 Å². The van der Waals surface area contributed by atoms with Crippen LogP contribution in [0.2, 0.25) is 0 Å². The molecule has 47 heavy (non-hydrogen) atoms. The van der Waals surface area contributed by atoms with Gasteiger partial charge in [-0.25, -0.2) is 0 Å². The van der Waals surface area contributed by atoms with Crippen LogP contribution in [0.1, 0.15) is 55.4 Å². The highest BCUT2D eigenvalue weighted by Crippen LogP contribution is 2.41. The Bertz CT molecular complexity index is 1110. The Hall–Kier alpha value is -3.97. The maximum Gasteiger partial charge on any atom is 0.303 e. The summed E-state index contributed by atoms with van der Waals surface area (Å²) in [5.41, 5.74) is -2.84. The van der Waals surface area contributed by atoms with Crippen LogP contribution in [0.4, 0.5) is 0 Å². The van der Waals surface area contributed by atoms with Crippen LogP contribution in [0.15, 0.2) is 0 Å². The molecule has 2 aliphatic rings. The first-order valence-electron chi connectivity index (χ1n) is 14.2. The minimum atomic E-state index is -1.54. The van der Waals surface area contributed by atoms with Gasteiger partial charge in [0.2, 0.25) is 0 Å². The van der Waals surface area contributed by atoms with Crippen molar-refractivity contribution in [3.8, 4) is 0 Å². The Kier molecular flexibility index (Phi) is 14.9. The fraction of sp³-hybridized carbons (Fsp3) is 0.714. The molecule has 2 saturated heterocycles. The summed E-state index contributed by atoms with van der Waals surface area (Å²) in [4.78, 5) is 96.4. The second kappa shape index (κ2) is 17.8. The van der Waals surface area contributed by atoms with Gasteiger partial charge < -0.3 is 47.4 Å². The first kappa shape index (κ1) is 39.2. The number of rotatable bonds is 12. The predicted octanol–water partition coefficient (Wildman–Crippen LogP) is -0.114. The molecule has 0 aromatic rings. The number of thioether (sulfide) groups is 1. The Morgan fingerprint density at radius 3 is 0.915 bits per heavy atom. The smallest absolute Gasteiger partial charge is 0.303 e. The maximum atomic E-state index is 12.3. The predicted molar refractivity (Wildman–Crippen MR) is 152 cm³/mol. The van der Waals surface area contributed by atoms with Crippen molar-refractivity contribution in [1.82, 2.24) is 0 Å². The molecule has 0 spiro atoms. The van der Waals surface area contributed by atoms with E-state index >= 15 is 0 Å². The lowest BCUT2D eigenvalue weighted by Crippen LogP contribution is -2.64. The number of esters is 8. The fourth-order valence-corrected chi connectivity index (χ4v) is 6.14. The van der Waals surface area contributed by atoms with E-state index in [1.807, 2.05) is 0 Å². The molecule has 2 rings (SSSR count). The quantitative estimate of drug-likeness (QED) is 0.192. The lowest BCUT2D eigenvalue weighted by Gasteiger charge is -2.47. The molecule has 0 radical (unpaired) electrons. The standard InChI is InChI=1S/C28H38O18S/c1-11(29)37-9-19-21(39-13(3)31)23(41-15(5)33)25(43-17(7)35)27(45-19)47-28-26(44-18(8)36)24(42-16(6)34)22(40-14(4)32)20(46-28)10-38-12(2)30/h19-28H,9-10H2,1-8H3/t19-,20-,21-,22-,23+,24+,25-,26-,27-,28-/m1/s1. The third-order valence-corrected chi connectivity index (χ3v) is 7.46. The molecule has 2 aliphatic heterocycles. The molecule has 19 heteroatoms. The highest BCUT2D eigenvalue weighted by Gasteiger charge is 2.57. The second-order valence-electron chi connectivity index (χ2n) is 10.3. The molecule has 18 nitrogen and oxygen atoms in total. The summed E-state index contributed by atoms with van der Waals surface area (Å²) < 4.78 is 55.0. The number of hydrogen-bond acceptors (Lipinski definition) is 19. The average molecular weight is 695 g/mol. The molecule has 0 aliphatic carbocycles. The normalized spacial score (nSPS) is 30.0. The summed E-state index contributed by atoms with van der Waals surface area (Å²) >= 11 is 0.678. The minimum absolute atomic E-state index is 0.520. The van der Waals surface area contributed by atoms with Crippen molar-refractivity contribution in [3.63, 3.8) is 0 Å². The van der Waals surface area contributed by atoms with Gasteiger partial charge in [0.25, 0.3) is 0 Å². The average Bonchev–Trinajstić information content (AvgIpc) is 2.91. The van der Waals surface area contributed by atoms with Gasteiger partial charge in [-0.3, -0.25) is 38.4 Å². The van der Waals surface area contributed by atoms with Crippen molar-refractivity contribution in [2.45, 2.75) is 115 Å². The molecular formula is C28H38O18S. The molecule has 10 atom stereocenters. The van der Waals surface area contributed by atoms with E-state index in [0.717, 1.165) is 55.4 Å². The van der Waals surface area contributed by atoms with Crippen LogP contribution in [-0.4, -0.2) is 121 Å². The topological polar surface area (TPSA) is 229 Å². The first-order chi connectivity index (χ1) is 21.9. The van der Waals surface area contributed by atoms with E-state index < -0.39 is 121 Å². The molecule has 0 aromatic carbocycles. The van der Waals surface area contributed by atoms with E-state index in [2.05, 4.69) is 0 Å². The van der Waals surface area contributed by atoms with Crippen LogP contribution in [0.25, 0.3) is 0 Å². The highest BCUT2D eigenvalue weighted by atomic mass is 32.2. The lowest BCUT2D eigenvalue weighted by atomic mass is 9.99. The lowest BCUT2D eigenvalue weighted by molar-refractivity contribution is -0.243. The zero-order valence-electron chi connectivity index (χ0n) is 26.9. The summed E-state index contributed by atoms with van der Waals surface area (Å²) in [5, 5.41) is 0. The molecule has 2 heterocycles. The fourth-order valence-electron chi connectivity index (χ4n) is 4.73. The van der Waals surface area contributed by atoms with Gasteiger partial charge in [0.15, 0.2) is 36.6 Å². The summed E-state index contributed by atoms with van der Waals surface area (Å²) in [5.74, 6) is -6.62. The van der Waals surface area contributed by atoms with Crippen LogP contribution in [0, 0.1) is 0 Å². The number of carbonyl (C=O) groups excluding carboxylic acids is 8. The van der Waals surface area contributed by atoms with Gasteiger partial charge >= 0.3 is 47.8 Å². The molecule has 0 N–H and O–H groups in total. The van der Waals surface area contributed by atoms with E-state index in [1.165, 1.54) is 0 Å². The summed E-state index contributed by atoms with van der Waals surface area (Å²) in [7, 11) is 0. The van der Waals surface area contributed by atoms with Crippen molar-refractivity contribution in [1.29, 1.82) is 0 Å². The Balaban J connectivity index is 2.69. The maximum absolute atomic E-state index is 12.3. The van der Waals surface area contributed by atoms with Crippen LogP contribution in [-0.2, 0) is 85.7 Å². The Labute approximate surface area is 273 Å². The van der Waals surface area contributed by atoms with Crippen LogP contribution >= 0.6 is 11.8 Å². The van der Waals surface area contributed by atoms with Gasteiger partial charge in [-0.2, -0.15) is 0 Å². The zero-order chi connectivity index (χ0) is 35.6. The van der Waals surface area contributed by atoms with Gasteiger partial charge in [0.05, 0.1) is 0 Å². The Morgan fingerprint density at radius 1 is 0.404 bits per heavy atom. The van der Waals surface area contributed by atoms with Crippen molar-refractivity contribution >= 4 is 59.5 Å². The molecule has 0 amide bonds. The van der Waals surface area contributed by atoms with Gasteiger partial charge in [0, 0.05) is 55.4 Å².